The number of aromatic nitrogens is 2. The zero-order chi connectivity index (χ0) is 12.3. The highest BCUT2D eigenvalue weighted by Crippen LogP contribution is 2.18. The van der Waals surface area contributed by atoms with E-state index in [0.29, 0.717) is 17.1 Å². The largest absolute Gasteiger partial charge is 0.310 e. The normalized spacial score (nSPS) is 9.88. The minimum atomic E-state index is -0.158. The molecule has 0 spiro atoms. The standard InChI is InChI=1S/C14H12N2O/c1-3-7-12-13(11-8-5-4-6-9-11)15-10(2)16-14(12)17/h1,4-6,8-9H,7H2,2H3,(H,15,16,17). The van der Waals surface area contributed by atoms with Gasteiger partial charge < -0.3 is 4.98 Å². The molecule has 84 valence electrons. The number of benzene rings is 1. The fourth-order valence-corrected chi connectivity index (χ4v) is 1.71. The van der Waals surface area contributed by atoms with Crippen LogP contribution in [-0.4, -0.2) is 9.97 Å². The number of rotatable bonds is 2. The average Bonchev–Trinajstić information content (AvgIpc) is 2.33. The Hall–Kier alpha value is -2.34. The van der Waals surface area contributed by atoms with Crippen LogP contribution in [0.2, 0.25) is 0 Å². The molecule has 0 amide bonds. The van der Waals surface area contributed by atoms with Gasteiger partial charge >= 0.3 is 0 Å². The smallest absolute Gasteiger partial charge is 0.255 e. The third kappa shape index (κ3) is 2.26. The Labute approximate surface area is 99.5 Å². The Morgan fingerprint density at radius 3 is 2.71 bits per heavy atom. The monoisotopic (exact) mass is 224 g/mol. The lowest BCUT2D eigenvalue weighted by Gasteiger charge is -2.06. The van der Waals surface area contributed by atoms with Gasteiger partial charge in [-0.2, -0.15) is 0 Å². The molecule has 1 heterocycles. The first kappa shape index (κ1) is 11.2. The molecule has 0 aliphatic rings. The van der Waals surface area contributed by atoms with Crippen molar-refractivity contribution < 1.29 is 0 Å². The molecule has 1 aromatic heterocycles. The molecular weight excluding hydrogens is 212 g/mol. The maximum atomic E-state index is 11.8. The van der Waals surface area contributed by atoms with E-state index >= 15 is 0 Å². The van der Waals surface area contributed by atoms with Crippen LogP contribution in [0.25, 0.3) is 11.3 Å². The molecule has 0 aliphatic carbocycles. The van der Waals surface area contributed by atoms with Crippen molar-refractivity contribution >= 4 is 0 Å². The van der Waals surface area contributed by atoms with Gasteiger partial charge in [0.1, 0.15) is 5.82 Å². The van der Waals surface area contributed by atoms with Gasteiger partial charge in [0.15, 0.2) is 0 Å². The van der Waals surface area contributed by atoms with Gasteiger partial charge in [0.2, 0.25) is 0 Å². The summed E-state index contributed by atoms with van der Waals surface area (Å²) in [6.07, 6.45) is 5.57. The second kappa shape index (κ2) is 4.67. The fraction of sp³-hybridized carbons (Fsp3) is 0.143. The Balaban J connectivity index is 2.68. The molecule has 3 heteroatoms. The third-order valence-electron chi connectivity index (χ3n) is 2.46. The summed E-state index contributed by atoms with van der Waals surface area (Å²) >= 11 is 0. The summed E-state index contributed by atoms with van der Waals surface area (Å²) < 4.78 is 0. The minimum absolute atomic E-state index is 0.158. The van der Waals surface area contributed by atoms with Gasteiger partial charge in [0.25, 0.3) is 5.56 Å². The highest BCUT2D eigenvalue weighted by molar-refractivity contribution is 5.63. The number of aromatic amines is 1. The summed E-state index contributed by atoms with van der Waals surface area (Å²) in [5.41, 5.74) is 1.97. The molecule has 0 unspecified atom stereocenters. The molecule has 0 fully saturated rings. The lowest BCUT2D eigenvalue weighted by molar-refractivity contribution is 0.986. The number of H-pyrrole nitrogens is 1. The van der Waals surface area contributed by atoms with Crippen molar-refractivity contribution in [3.05, 3.63) is 52.1 Å². The van der Waals surface area contributed by atoms with Crippen molar-refractivity contribution in [2.24, 2.45) is 0 Å². The number of aryl methyl sites for hydroxylation is 1. The summed E-state index contributed by atoms with van der Waals surface area (Å²) in [7, 11) is 0. The Morgan fingerprint density at radius 1 is 1.35 bits per heavy atom. The molecule has 0 saturated carbocycles. The van der Waals surface area contributed by atoms with Crippen LogP contribution in [0.15, 0.2) is 35.1 Å². The zero-order valence-corrected chi connectivity index (χ0v) is 9.53. The van der Waals surface area contributed by atoms with Crippen molar-refractivity contribution in [1.82, 2.24) is 9.97 Å². The van der Waals surface area contributed by atoms with E-state index in [0.717, 1.165) is 5.56 Å². The summed E-state index contributed by atoms with van der Waals surface area (Å²) in [5, 5.41) is 0. The maximum absolute atomic E-state index is 11.8. The summed E-state index contributed by atoms with van der Waals surface area (Å²) in [4.78, 5) is 18.9. The summed E-state index contributed by atoms with van der Waals surface area (Å²) in [6.45, 7) is 1.76. The Kier molecular flexibility index (Phi) is 3.06. The van der Waals surface area contributed by atoms with Gasteiger partial charge in [0, 0.05) is 12.0 Å². The predicted molar refractivity (Wildman–Crippen MR) is 67.6 cm³/mol. The van der Waals surface area contributed by atoms with Gasteiger partial charge in [-0.25, -0.2) is 4.98 Å². The van der Waals surface area contributed by atoms with Crippen LogP contribution in [0.5, 0.6) is 0 Å². The molecule has 1 aromatic carbocycles. The van der Waals surface area contributed by atoms with E-state index in [-0.39, 0.29) is 12.0 Å². The van der Waals surface area contributed by atoms with Crippen LogP contribution in [-0.2, 0) is 6.42 Å². The van der Waals surface area contributed by atoms with E-state index in [1.807, 2.05) is 30.3 Å². The Morgan fingerprint density at radius 2 is 2.06 bits per heavy atom. The van der Waals surface area contributed by atoms with E-state index in [4.69, 9.17) is 6.42 Å². The fourth-order valence-electron chi connectivity index (χ4n) is 1.71. The quantitative estimate of drug-likeness (QED) is 0.792. The van der Waals surface area contributed by atoms with E-state index in [9.17, 15) is 4.79 Å². The van der Waals surface area contributed by atoms with Gasteiger partial charge in [-0.15, -0.1) is 12.3 Å². The van der Waals surface area contributed by atoms with E-state index < -0.39 is 0 Å². The number of hydrogen-bond donors (Lipinski definition) is 1. The molecule has 0 aliphatic heterocycles. The first-order valence-electron chi connectivity index (χ1n) is 5.31. The first-order chi connectivity index (χ1) is 8.22. The zero-order valence-electron chi connectivity index (χ0n) is 9.53. The van der Waals surface area contributed by atoms with Crippen molar-refractivity contribution in [3.63, 3.8) is 0 Å². The van der Waals surface area contributed by atoms with Gasteiger partial charge in [0.05, 0.1) is 11.3 Å². The summed E-state index contributed by atoms with van der Waals surface area (Å²) in [5.74, 6) is 3.09. The summed E-state index contributed by atoms with van der Waals surface area (Å²) in [6, 6.07) is 9.58. The SMILES string of the molecule is C#CCc1c(-c2ccccc2)nc(C)[nH]c1=O. The highest BCUT2D eigenvalue weighted by atomic mass is 16.1. The van der Waals surface area contributed by atoms with Gasteiger partial charge in [-0.3, -0.25) is 4.79 Å². The van der Waals surface area contributed by atoms with Crippen LogP contribution in [0.3, 0.4) is 0 Å². The van der Waals surface area contributed by atoms with Gasteiger partial charge in [-0.1, -0.05) is 30.3 Å². The molecule has 0 radical (unpaired) electrons. The topological polar surface area (TPSA) is 45.8 Å². The van der Waals surface area contributed by atoms with Gasteiger partial charge in [-0.05, 0) is 6.92 Å². The van der Waals surface area contributed by atoms with Crippen molar-refractivity contribution in [1.29, 1.82) is 0 Å². The number of hydrogen-bond acceptors (Lipinski definition) is 2. The molecule has 0 bridgehead atoms. The van der Waals surface area contributed by atoms with Crippen LogP contribution in [0.1, 0.15) is 11.4 Å². The third-order valence-corrected chi connectivity index (χ3v) is 2.46. The highest BCUT2D eigenvalue weighted by Gasteiger charge is 2.10. The number of terminal acetylenes is 1. The number of nitrogens with one attached hydrogen (secondary N) is 1. The van der Waals surface area contributed by atoms with E-state index in [1.165, 1.54) is 0 Å². The molecule has 3 nitrogen and oxygen atoms in total. The van der Waals surface area contributed by atoms with E-state index in [1.54, 1.807) is 6.92 Å². The molecule has 17 heavy (non-hydrogen) atoms. The van der Waals surface area contributed by atoms with Crippen LogP contribution >= 0.6 is 0 Å². The number of nitrogens with zero attached hydrogens (tertiary/aromatic N) is 1. The molecule has 2 aromatic rings. The molecule has 1 N–H and O–H groups in total. The average molecular weight is 224 g/mol. The van der Waals surface area contributed by atoms with Crippen molar-refractivity contribution in [2.45, 2.75) is 13.3 Å². The maximum Gasteiger partial charge on any atom is 0.255 e. The molecule has 0 saturated heterocycles. The first-order valence-corrected chi connectivity index (χ1v) is 5.31. The minimum Gasteiger partial charge on any atom is -0.310 e. The second-order valence-electron chi connectivity index (χ2n) is 3.73. The molecule has 2 rings (SSSR count). The molecule has 0 atom stereocenters. The van der Waals surface area contributed by atoms with Crippen molar-refractivity contribution in [3.8, 4) is 23.6 Å². The van der Waals surface area contributed by atoms with Crippen molar-refractivity contribution in [2.75, 3.05) is 0 Å². The second-order valence-corrected chi connectivity index (χ2v) is 3.73. The predicted octanol–water partition coefficient (Wildman–Crippen LogP) is 1.92. The van der Waals surface area contributed by atoms with Crippen LogP contribution in [0, 0.1) is 19.3 Å². The lowest BCUT2D eigenvalue weighted by Crippen LogP contribution is -2.17. The van der Waals surface area contributed by atoms with E-state index in [2.05, 4.69) is 15.9 Å². The Bertz CT molecular complexity index is 621. The van der Waals surface area contributed by atoms with Crippen LogP contribution in [0.4, 0.5) is 0 Å². The van der Waals surface area contributed by atoms with Crippen LogP contribution < -0.4 is 5.56 Å². The lowest BCUT2D eigenvalue weighted by atomic mass is 10.1. The molecular formula is C14H12N2O.